The Morgan fingerprint density at radius 3 is 2.47 bits per heavy atom. The average molecular weight is 263 g/mol. The van der Waals surface area contributed by atoms with E-state index in [1.165, 1.54) is 18.4 Å². The molecule has 0 aliphatic heterocycles. The highest BCUT2D eigenvalue weighted by Crippen LogP contribution is 2.11. The van der Waals surface area contributed by atoms with Crippen molar-refractivity contribution in [2.75, 3.05) is 13.7 Å². The van der Waals surface area contributed by atoms with Crippen molar-refractivity contribution in [1.29, 1.82) is 0 Å². The number of benzene rings is 1. The summed E-state index contributed by atoms with van der Waals surface area (Å²) in [6.45, 7) is 5.30. The number of hydrogen-bond acceptors (Lipinski definition) is 2. The molecule has 0 aromatic heterocycles. The van der Waals surface area contributed by atoms with Gasteiger partial charge >= 0.3 is 0 Å². The molecule has 108 valence electrons. The summed E-state index contributed by atoms with van der Waals surface area (Å²) in [6.07, 6.45) is 6.03. The lowest BCUT2D eigenvalue weighted by Gasteiger charge is -2.26. The fraction of sp³-hybridized carbons (Fsp3) is 0.647. The van der Waals surface area contributed by atoms with Crippen molar-refractivity contribution >= 4 is 0 Å². The van der Waals surface area contributed by atoms with Gasteiger partial charge < -0.3 is 10.1 Å². The molecule has 0 fully saturated rings. The van der Waals surface area contributed by atoms with Gasteiger partial charge in [0.05, 0.1) is 6.10 Å². The van der Waals surface area contributed by atoms with E-state index in [9.17, 15) is 0 Å². The quantitative estimate of drug-likeness (QED) is 0.648. The summed E-state index contributed by atoms with van der Waals surface area (Å²) in [5.41, 5.74) is 1.40. The van der Waals surface area contributed by atoms with Gasteiger partial charge in [0.15, 0.2) is 0 Å². The SMILES string of the molecule is CCCC(NC)C(CC)OCCCc1ccccc1. The third-order valence-electron chi connectivity index (χ3n) is 3.61. The molecule has 1 aromatic carbocycles. The first-order chi connectivity index (χ1) is 9.31. The Morgan fingerprint density at radius 2 is 1.89 bits per heavy atom. The van der Waals surface area contributed by atoms with E-state index in [0.717, 1.165) is 25.9 Å². The molecular weight excluding hydrogens is 234 g/mol. The van der Waals surface area contributed by atoms with Crippen molar-refractivity contribution in [3.8, 4) is 0 Å². The first kappa shape index (κ1) is 16.2. The zero-order chi connectivity index (χ0) is 13.9. The molecule has 0 aliphatic rings. The topological polar surface area (TPSA) is 21.3 Å². The second kappa shape index (κ2) is 9.99. The van der Waals surface area contributed by atoms with Gasteiger partial charge in [0.1, 0.15) is 0 Å². The van der Waals surface area contributed by atoms with Gasteiger partial charge in [0, 0.05) is 12.6 Å². The maximum absolute atomic E-state index is 6.06. The fourth-order valence-electron chi connectivity index (χ4n) is 2.50. The highest BCUT2D eigenvalue weighted by Gasteiger charge is 2.17. The van der Waals surface area contributed by atoms with E-state index in [2.05, 4.69) is 49.5 Å². The summed E-state index contributed by atoms with van der Waals surface area (Å²) in [5, 5.41) is 3.39. The lowest BCUT2D eigenvalue weighted by atomic mass is 10.0. The number of ether oxygens (including phenoxy) is 1. The second-order valence-corrected chi connectivity index (χ2v) is 5.09. The molecule has 0 bridgehead atoms. The molecule has 0 amide bonds. The third-order valence-corrected chi connectivity index (χ3v) is 3.61. The Bertz CT molecular complexity index is 312. The van der Waals surface area contributed by atoms with Crippen LogP contribution in [-0.4, -0.2) is 25.8 Å². The highest BCUT2D eigenvalue weighted by atomic mass is 16.5. The second-order valence-electron chi connectivity index (χ2n) is 5.09. The Labute approximate surface area is 118 Å². The molecule has 1 aromatic rings. The lowest BCUT2D eigenvalue weighted by molar-refractivity contribution is 0.0222. The predicted molar refractivity (Wildman–Crippen MR) is 82.5 cm³/mol. The summed E-state index contributed by atoms with van der Waals surface area (Å²) >= 11 is 0. The summed E-state index contributed by atoms with van der Waals surface area (Å²) in [5.74, 6) is 0. The minimum absolute atomic E-state index is 0.348. The number of likely N-dealkylation sites (N-methyl/N-ethyl adjacent to an activating group) is 1. The van der Waals surface area contributed by atoms with Crippen LogP contribution in [0.5, 0.6) is 0 Å². The van der Waals surface area contributed by atoms with E-state index in [4.69, 9.17) is 4.74 Å². The first-order valence-electron chi connectivity index (χ1n) is 7.64. The minimum Gasteiger partial charge on any atom is -0.377 e. The molecule has 0 spiro atoms. The summed E-state index contributed by atoms with van der Waals surface area (Å²) in [7, 11) is 2.04. The first-order valence-corrected chi connectivity index (χ1v) is 7.64. The molecule has 2 heteroatoms. The normalized spacial score (nSPS) is 14.3. The van der Waals surface area contributed by atoms with Crippen molar-refractivity contribution in [2.24, 2.45) is 0 Å². The lowest BCUT2D eigenvalue weighted by Crippen LogP contribution is -2.39. The summed E-state index contributed by atoms with van der Waals surface area (Å²) in [6, 6.07) is 11.1. The molecular formula is C17H29NO. The van der Waals surface area contributed by atoms with E-state index >= 15 is 0 Å². The molecule has 0 saturated heterocycles. The van der Waals surface area contributed by atoms with Crippen LogP contribution in [0.25, 0.3) is 0 Å². The van der Waals surface area contributed by atoms with Crippen LogP contribution in [-0.2, 0) is 11.2 Å². The maximum atomic E-state index is 6.06. The Kier molecular flexibility index (Phi) is 8.52. The standard InChI is InChI=1S/C17H29NO/c1-4-10-16(18-3)17(5-2)19-14-9-13-15-11-7-6-8-12-15/h6-8,11-12,16-18H,4-5,9-10,13-14H2,1-3H3. The molecule has 2 unspecified atom stereocenters. The smallest absolute Gasteiger partial charge is 0.0725 e. The van der Waals surface area contributed by atoms with Gasteiger partial charge in [-0.05, 0) is 38.3 Å². The highest BCUT2D eigenvalue weighted by molar-refractivity contribution is 5.14. The zero-order valence-electron chi connectivity index (χ0n) is 12.7. The van der Waals surface area contributed by atoms with Crippen LogP contribution in [0.3, 0.4) is 0 Å². The number of hydrogen-bond donors (Lipinski definition) is 1. The number of aryl methyl sites for hydroxylation is 1. The maximum Gasteiger partial charge on any atom is 0.0725 e. The van der Waals surface area contributed by atoms with Crippen LogP contribution in [0.1, 0.15) is 45.1 Å². The van der Waals surface area contributed by atoms with Crippen molar-refractivity contribution in [1.82, 2.24) is 5.32 Å². The van der Waals surface area contributed by atoms with E-state index in [1.54, 1.807) is 0 Å². The Hall–Kier alpha value is -0.860. The molecule has 0 heterocycles. The van der Waals surface area contributed by atoms with Crippen LogP contribution < -0.4 is 5.32 Å². The van der Waals surface area contributed by atoms with Gasteiger partial charge in [0.2, 0.25) is 0 Å². The predicted octanol–water partition coefficient (Wildman–Crippen LogP) is 3.80. The molecule has 0 aliphatic carbocycles. The number of nitrogens with one attached hydrogen (secondary N) is 1. The molecule has 0 saturated carbocycles. The van der Waals surface area contributed by atoms with Gasteiger partial charge in [-0.2, -0.15) is 0 Å². The molecule has 1 rings (SSSR count). The van der Waals surface area contributed by atoms with Crippen LogP contribution in [0.4, 0.5) is 0 Å². The van der Waals surface area contributed by atoms with Crippen LogP contribution >= 0.6 is 0 Å². The van der Waals surface area contributed by atoms with Gasteiger partial charge in [0.25, 0.3) is 0 Å². The third kappa shape index (κ3) is 6.22. The number of rotatable bonds is 10. The van der Waals surface area contributed by atoms with Crippen molar-refractivity contribution in [2.45, 2.75) is 58.1 Å². The van der Waals surface area contributed by atoms with E-state index in [0.29, 0.717) is 12.1 Å². The van der Waals surface area contributed by atoms with Crippen LogP contribution in [0.15, 0.2) is 30.3 Å². The monoisotopic (exact) mass is 263 g/mol. The van der Waals surface area contributed by atoms with Crippen LogP contribution in [0, 0.1) is 0 Å². The Morgan fingerprint density at radius 1 is 1.16 bits per heavy atom. The van der Waals surface area contributed by atoms with Crippen molar-refractivity contribution < 1.29 is 4.74 Å². The Balaban J connectivity index is 2.25. The molecule has 1 N–H and O–H groups in total. The average Bonchev–Trinajstić information content (AvgIpc) is 2.46. The van der Waals surface area contributed by atoms with Gasteiger partial charge in [-0.1, -0.05) is 50.6 Å². The largest absolute Gasteiger partial charge is 0.377 e. The summed E-state index contributed by atoms with van der Waals surface area (Å²) < 4.78 is 6.06. The van der Waals surface area contributed by atoms with Gasteiger partial charge in [-0.25, -0.2) is 0 Å². The van der Waals surface area contributed by atoms with Gasteiger partial charge in [-0.3, -0.25) is 0 Å². The van der Waals surface area contributed by atoms with Crippen LogP contribution in [0.2, 0.25) is 0 Å². The van der Waals surface area contributed by atoms with E-state index < -0.39 is 0 Å². The summed E-state index contributed by atoms with van der Waals surface area (Å²) in [4.78, 5) is 0. The molecule has 2 atom stereocenters. The van der Waals surface area contributed by atoms with Crippen molar-refractivity contribution in [3.63, 3.8) is 0 Å². The molecule has 2 nitrogen and oxygen atoms in total. The minimum atomic E-state index is 0.348. The fourth-order valence-corrected chi connectivity index (χ4v) is 2.50. The molecule has 0 radical (unpaired) electrons. The molecule has 19 heavy (non-hydrogen) atoms. The zero-order valence-corrected chi connectivity index (χ0v) is 12.7. The van der Waals surface area contributed by atoms with E-state index in [1.807, 2.05) is 7.05 Å². The van der Waals surface area contributed by atoms with Gasteiger partial charge in [-0.15, -0.1) is 0 Å². The van der Waals surface area contributed by atoms with Crippen molar-refractivity contribution in [3.05, 3.63) is 35.9 Å². The van der Waals surface area contributed by atoms with E-state index in [-0.39, 0.29) is 0 Å².